The van der Waals surface area contributed by atoms with Crippen molar-refractivity contribution in [3.63, 3.8) is 0 Å². The normalized spacial score (nSPS) is 16.2. The zero-order chi connectivity index (χ0) is 33.6. The summed E-state index contributed by atoms with van der Waals surface area (Å²) in [5.41, 5.74) is 4.66. The van der Waals surface area contributed by atoms with E-state index in [1.807, 2.05) is 40.7 Å². The molecule has 10 nitrogen and oxygen atoms in total. The van der Waals surface area contributed by atoms with Gasteiger partial charge in [0.05, 0.1) is 24.8 Å². The average Bonchev–Trinajstić information content (AvgIpc) is 3.55. The van der Waals surface area contributed by atoms with Gasteiger partial charge in [0.15, 0.2) is 5.82 Å². The van der Waals surface area contributed by atoms with Gasteiger partial charge in [0, 0.05) is 52.8 Å². The van der Waals surface area contributed by atoms with Crippen LogP contribution in [0.1, 0.15) is 79.2 Å². The number of ether oxygens (including phenoxy) is 1. The summed E-state index contributed by atoms with van der Waals surface area (Å²) in [4.78, 5) is 49.0. The van der Waals surface area contributed by atoms with Crippen LogP contribution in [-0.4, -0.2) is 89.2 Å². The van der Waals surface area contributed by atoms with E-state index in [9.17, 15) is 14.4 Å². The monoisotopic (exact) mass is 668 g/mol. The number of likely N-dealkylation sites (tertiary alicyclic amines) is 1. The number of carbonyl (C=O) groups is 3. The number of aryl methyl sites for hydroxylation is 2. The first-order valence-electron chi connectivity index (χ1n) is 15.4. The average molecular weight is 669 g/mol. The van der Waals surface area contributed by atoms with E-state index in [-0.39, 0.29) is 35.3 Å². The molecule has 0 bridgehead atoms. The highest BCUT2D eigenvalue weighted by Gasteiger charge is 2.35. The molecule has 0 N–H and O–H groups in total. The fraction of sp³-hybridized carbons (Fsp3) is 0.353. The summed E-state index contributed by atoms with van der Waals surface area (Å²) < 4.78 is 6.79. The lowest BCUT2D eigenvalue weighted by Crippen LogP contribution is -2.47. The largest absolute Gasteiger partial charge is 0.465 e. The third-order valence-corrected chi connectivity index (χ3v) is 10.6. The van der Waals surface area contributed by atoms with Crippen molar-refractivity contribution >= 4 is 59.7 Å². The lowest BCUT2D eigenvalue weighted by Gasteiger charge is -2.37. The Hall–Kier alpha value is -4.29. The maximum atomic E-state index is 13.8. The second-order valence-electron chi connectivity index (χ2n) is 11.9. The smallest absolute Gasteiger partial charge is 0.337 e. The summed E-state index contributed by atoms with van der Waals surface area (Å²) in [6.45, 7) is 7.12. The maximum absolute atomic E-state index is 13.8. The number of nitrogens with zero attached hydrogens (tertiary/aromatic N) is 6. The van der Waals surface area contributed by atoms with Gasteiger partial charge in [0.2, 0.25) is 5.91 Å². The molecule has 6 rings (SSSR count). The predicted octanol–water partition coefficient (Wildman–Crippen LogP) is 4.53. The van der Waals surface area contributed by atoms with E-state index >= 15 is 0 Å². The van der Waals surface area contributed by atoms with Gasteiger partial charge in [-0.15, -0.1) is 21.5 Å². The third kappa shape index (κ3) is 6.12. The van der Waals surface area contributed by atoms with Crippen LogP contribution < -0.4 is 5.46 Å². The van der Waals surface area contributed by atoms with Crippen LogP contribution in [0.5, 0.6) is 0 Å². The van der Waals surface area contributed by atoms with Crippen LogP contribution >= 0.6 is 22.9 Å². The topological polar surface area (TPSA) is 110 Å². The molecular formula is C34H34BClN6O4S. The summed E-state index contributed by atoms with van der Waals surface area (Å²) in [6, 6.07) is 11.6. The molecule has 1 saturated heterocycles. The number of carbonyl (C=O) groups excluding carboxylic acids is 3. The number of hydrogen-bond donors (Lipinski definition) is 0. The fourth-order valence-electron chi connectivity index (χ4n) is 6.29. The van der Waals surface area contributed by atoms with Gasteiger partial charge >= 0.3 is 5.97 Å². The van der Waals surface area contributed by atoms with E-state index in [4.69, 9.17) is 29.2 Å². The Morgan fingerprint density at radius 2 is 1.77 bits per heavy atom. The molecule has 4 heterocycles. The second-order valence-corrected chi connectivity index (χ2v) is 13.6. The van der Waals surface area contributed by atoms with Crippen LogP contribution in [0.25, 0.3) is 5.00 Å². The Balaban J connectivity index is 1.20. The molecular weight excluding hydrogens is 635 g/mol. The van der Waals surface area contributed by atoms with Crippen molar-refractivity contribution in [1.82, 2.24) is 24.6 Å². The van der Waals surface area contributed by atoms with E-state index in [1.165, 1.54) is 24.1 Å². The number of esters is 1. The highest BCUT2D eigenvalue weighted by atomic mass is 35.5. The Bertz CT molecular complexity index is 1910. The highest BCUT2D eigenvalue weighted by molar-refractivity contribution is 7.15. The first kappa shape index (κ1) is 32.6. The number of halogens is 1. The summed E-state index contributed by atoms with van der Waals surface area (Å²) in [6.07, 6.45) is 1.38. The summed E-state index contributed by atoms with van der Waals surface area (Å²) in [5, 5.41) is 10.6. The number of hydrogen-bond acceptors (Lipinski definition) is 8. The van der Waals surface area contributed by atoms with Gasteiger partial charge in [-0.2, -0.15) is 0 Å². The number of benzene rings is 2. The standard InChI is InChI=1S/C34H34BClN6O4S/c1-18-19(2)47-33-29(18)30(21-6-9-23(36)10-7-21)37-27(31-39-38-20(3)42(31)33)17-28(43)41-14-12-24(13-15-41)40(4)32(44)22-8-11-25(26(35)16-22)34(45)46-5/h6-11,16,24,27H,12-15,17H2,1-5H3/t27-/m0/s1. The highest BCUT2D eigenvalue weighted by Crippen LogP contribution is 2.40. The lowest BCUT2D eigenvalue weighted by atomic mass is 9.88. The minimum atomic E-state index is -0.556. The Kier molecular flexibility index (Phi) is 9.08. The van der Waals surface area contributed by atoms with Crippen molar-refractivity contribution in [2.24, 2.45) is 4.99 Å². The van der Waals surface area contributed by atoms with Crippen LogP contribution in [-0.2, 0) is 9.53 Å². The van der Waals surface area contributed by atoms with Crippen molar-refractivity contribution in [2.75, 3.05) is 27.2 Å². The van der Waals surface area contributed by atoms with Crippen molar-refractivity contribution < 1.29 is 19.1 Å². The Labute approximate surface area is 283 Å². The molecule has 4 aromatic rings. The third-order valence-electron chi connectivity index (χ3n) is 9.11. The molecule has 1 fully saturated rings. The molecule has 13 heteroatoms. The quantitative estimate of drug-likeness (QED) is 0.221. The van der Waals surface area contributed by atoms with Gasteiger partial charge in [-0.3, -0.25) is 19.1 Å². The molecule has 2 radical (unpaired) electrons. The molecule has 0 saturated carbocycles. The maximum Gasteiger partial charge on any atom is 0.337 e. The van der Waals surface area contributed by atoms with E-state index in [0.29, 0.717) is 42.3 Å². The zero-order valence-corrected chi connectivity index (χ0v) is 28.5. The first-order valence-corrected chi connectivity index (χ1v) is 16.6. The fourth-order valence-corrected chi connectivity index (χ4v) is 7.63. The summed E-state index contributed by atoms with van der Waals surface area (Å²) in [5.74, 6) is 0.591. The molecule has 2 amide bonds. The van der Waals surface area contributed by atoms with Gasteiger partial charge in [0.1, 0.15) is 24.7 Å². The predicted molar refractivity (Wildman–Crippen MR) is 183 cm³/mol. The number of methoxy groups -OCH3 is 1. The molecule has 240 valence electrons. The van der Waals surface area contributed by atoms with Crippen LogP contribution in [0, 0.1) is 20.8 Å². The van der Waals surface area contributed by atoms with Crippen molar-refractivity contribution in [3.8, 4) is 5.00 Å². The van der Waals surface area contributed by atoms with E-state index in [0.717, 1.165) is 33.2 Å². The van der Waals surface area contributed by atoms with Crippen LogP contribution in [0.4, 0.5) is 0 Å². The van der Waals surface area contributed by atoms with Crippen LogP contribution in [0.3, 0.4) is 0 Å². The molecule has 2 aliphatic heterocycles. The van der Waals surface area contributed by atoms with E-state index in [1.54, 1.807) is 29.4 Å². The molecule has 2 aromatic heterocycles. The summed E-state index contributed by atoms with van der Waals surface area (Å²) in [7, 11) is 9.06. The number of fused-ring (bicyclic) bond motifs is 3. The number of amides is 2. The molecule has 0 aliphatic carbocycles. The number of aromatic nitrogens is 3. The van der Waals surface area contributed by atoms with Gasteiger partial charge < -0.3 is 14.5 Å². The molecule has 2 aliphatic rings. The second kappa shape index (κ2) is 13.1. The first-order chi connectivity index (χ1) is 22.5. The van der Waals surface area contributed by atoms with Crippen LogP contribution in [0.15, 0.2) is 47.5 Å². The SMILES string of the molecule is [B]c1cc(C(=O)N(C)C2CCN(C(=O)C[C@@H]3N=C(c4ccc(Cl)cc4)c4c(sc(C)c4C)-n4c(C)nnc43)CC2)ccc1C(=O)OC. The molecule has 47 heavy (non-hydrogen) atoms. The van der Waals surface area contributed by atoms with E-state index < -0.39 is 12.0 Å². The molecule has 1 atom stereocenters. The van der Waals surface area contributed by atoms with Crippen LogP contribution in [0.2, 0.25) is 5.02 Å². The number of rotatable bonds is 6. The van der Waals surface area contributed by atoms with Gasteiger partial charge in [-0.1, -0.05) is 35.3 Å². The molecule has 0 spiro atoms. The van der Waals surface area contributed by atoms with Crippen molar-refractivity contribution in [2.45, 2.75) is 52.1 Å². The summed E-state index contributed by atoms with van der Waals surface area (Å²) >= 11 is 7.90. The minimum absolute atomic E-state index is 0.0295. The van der Waals surface area contributed by atoms with Gasteiger partial charge in [0.25, 0.3) is 5.91 Å². The Morgan fingerprint density at radius 1 is 1.06 bits per heavy atom. The van der Waals surface area contributed by atoms with Gasteiger partial charge in [-0.05, 0) is 63.4 Å². The van der Waals surface area contributed by atoms with Gasteiger partial charge in [-0.25, -0.2) is 4.79 Å². The minimum Gasteiger partial charge on any atom is -0.465 e. The Morgan fingerprint density at radius 3 is 2.43 bits per heavy atom. The van der Waals surface area contributed by atoms with E-state index in [2.05, 4.69) is 24.0 Å². The molecule has 2 aromatic carbocycles. The number of thiophene rings is 1. The zero-order valence-electron chi connectivity index (χ0n) is 26.9. The molecule has 0 unspecified atom stereocenters. The number of piperidine rings is 1. The number of aliphatic imine (C=N–C) groups is 1. The van der Waals surface area contributed by atoms with Crippen molar-refractivity contribution in [1.29, 1.82) is 0 Å². The lowest BCUT2D eigenvalue weighted by molar-refractivity contribution is -0.133. The van der Waals surface area contributed by atoms with Crippen molar-refractivity contribution in [3.05, 3.63) is 91.8 Å².